The minimum absolute atomic E-state index is 0.0112. The Bertz CT molecular complexity index is 129. The summed E-state index contributed by atoms with van der Waals surface area (Å²) in [5.41, 5.74) is 3.23. The number of hydrogen-bond acceptors (Lipinski definition) is 3. The van der Waals surface area contributed by atoms with E-state index in [1.165, 1.54) is 20.1 Å². The molecule has 0 fully saturated rings. The lowest BCUT2D eigenvalue weighted by Crippen LogP contribution is -2.09. The zero-order valence-corrected chi connectivity index (χ0v) is 5.89. The first-order valence-electron chi connectivity index (χ1n) is 2.64. The smallest absolute Gasteiger partial charge is 0.154 e. The van der Waals surface area contributed by atoms with Crippen LogP contribution in [0.15, 0.2) is 11.8 Å². The summed E-state index contributed by atoms with van der Waals surface area (Å²) in [5.74, 6) is 0.0112. The number of allylic oxidation sites excluding steroid dienone is 2. The van der Waals surface area contributed by atoms with Crippen LogP contribution < -0.4 is 5.48 Å². The van der Waals surface area contributed by atoms with Crippen LogP contribution in [-0.4, -0.2) is 12.9 Å². The summed E-state index contributed by atoms with van der Waals surface area (Å²) in [6, 6.07) is 0. The number of carbonyl (C=O) groups excluding carboxylic acids is 1. The van der Waals surface area contributed by atoms with E-state index < -0.39 is 0 Å². The van der Waals surface area contributed by atoms with Gasteiger partial charge in [-0.15, -0.1) is 0 Å². The van der Waals surface area contributed by atoms with Crippen LogP contribution in [0, 0.1) is 0 Å². The zero-order valence-electron chi connectivity index (χ0n) is 5.89. The van der Waals surface area contributed by atoms with Crippen molar-refractivity contribution in [1.82, 2.24) is 5.48 Å². The van der Waals surface area contributed by atoms with Gasteiger partial charge in [0.1, 0.15) is 0 Å². The van der Waals surface area contributed by atoms with E-state index >= 15 is 0 Å². The summed E-state index contributed by atoms with van der Waals surface area (Å²) in [6.07, 6.45) is 1.46. The summed E-state index contributed by atoms with van der Waals surface area (Å²) in [5, 5.41) is 0. The SMILES string of the molecule is CON/C(C)=C\C(C)=O. The Kier molecular flexibility index (Phi) is 3.71. The van der Waals surface area contributed by atoms with E-state index in [9.17, 15) is 4.79 Å². The van der Waals surface area contributed by atoms with Gasteiger partial charge in [0.05, 0.1) is 7.11 Å². The van der Waals surface area contributed by atoms with Crippen LogP contribution >= 0.6 is 0 Å². The van der Waals surface area contributed by atoms with Crippen LogP contribution in [0.1, 0.15) is 13.8 Å². The molecule has 3 heteroatoms. The maximum Gasteiger partial charge on any atom is 0.154 e. The highest BCUT2D eigenvalue weighted by atomic mass is 16.6. The Morgan fingerprint density at radius 3 is 2.44 bits per heavy atom. The molecule has 0 saturated carbocycles. The van der Waals surface area contributed by atoms with Crippen LogP contribution in [0.3, 0.4) is 0 Å². The fraction of sp³-hybridized carbons (Fsp3) is 0.500. The quantitative estimate of drug-likeness (QED) is 0.448. The maximum absolute atomic E-state index is 10.4. The first-order chi connectivity index (χ1) is 4.16. The van der Waals surface area contributed by atoms with E-state index in [1.54, 1.807) is 6.92 Å². The lowest BCUT2D eigenvalue weighted by atomic mass is 10.3. The fourth-order valence-electron chi connectivity index (χ4n) is 0.495. The van der Waals surface area contributed by atoms with E-state index in [0.717, 1.165) is 0 Å². The summed E-state index contributed by atoms with van der Waals surface area (Å²) in [7, 11) is 1.50. The standard InChI is InChI=1S/C6H11NO2/c1-5(7-9-3)4-6(2)8/h4,7H,1-3H3/b5-4-. The van der Waals surface area contributed by atoms with Crippen LogP contribution in [0.2, 0.25) is 0 Å². The summed E-state index contributed by atoms with van der Waals surface area (Å²) in [4.78, 5) is 14.9. The third-order valence-electron chi connectivity index (χ3n) is 0.683. The average Bonchev–Trinajstić information content (AvgIpc) is 1.63. The fourth-order valence-corrected chi connectivity index (χ4v) is 0.495. The van der Waals surface area contributed by atoms with Gasteiger partial charge in [-0.05, 0) is 13.8 Å². The van der Waals surface area contributed by atoms with Crippen molar-refractivity contribution in [3.63, 3.8) is 0 Å². The van der Waals surface area contributed by atoms with Crippen molar-refractivity contribution in [3.8, 4) is 0 Å². The number of nitrogens with one attached hydrogen (secondary N) is 1. The van der Waals surface area contributed by atoms with Gasteiger partial charge in [-0.25, -0.2) is 0 Å². The molecule has 1 N–H and O–H groups in total. The number of rotatable bonds is 3. The molecule has 0 atom stereocenters. The second kappa shape index (κ2) is 4.09. The maximum atomic E-state index is 10.4. The second-order valence-corrected chi connectivity index (χ2v) is 1.74. The zero-order chi connectivity index (χ0) is 7.28. The molecule has 0 spiro atoms. The molecule has 0 aromatic heterocycles. The molecule has 9 heavy (non-hydrogen) atoms. The monoisotopic (exact) mass is 129 g/mol. The van der Waals surface area contributed by atoms with E-state index in [2.05, 4.69) is 10.3 Å². The van der Waals surface area contributed by atoms with Gasteiger partial charge in [-0.1, -0.05) is 0 Å². The molecule has 0 aliphatic rings. The Morgan fingerprint density at radius 1 is 1.56 bits per heavy atom. The average molecular weight is 129 g/mol. The second-order valence-electron chi connectivity index (χ2n) is 1.74. The topological polar surface area (TPSA) is 38.3 Å². The molecule has 0 aliphatic carbocycles. The van der Waals surface area contributed by atoms with Gasteiger partial charge in [-0.3, -0.25) is 15.1 Å². The summed E-state index contributed by atoms with van der Waals surface area (Å²) < 4.78 is 0. The molecule has 3 nitrogen and oxygen atoms in total. The molecular formula is C6H11NO2. The molecular weight excluding hydrogens is 118 g/mol. The highest BCUT2D eigenvalue weighted by Crippen LogP contribution is 1.84. The summed E-state index contributed by atoms with van der Waals surface area (Å²) >= 11 is 0. The van der Waals surface area contributed by atoms with Gasteiger partial charge in [0.25, 0.3) is 0 Å². The lowest BCUT2D eigenvalue weighted by molar-refractivity contribution is -0.112. The molecule has 0 saturated heterocycles. The number of carbonyl (C=O) groups is 1. The first-order valence-corrected chi connectivity index (χ1v) is 2.64. The molecule has 0 unspecified atom stereocenters. The van der Waals surface area contributed by atoms with E-state index in [1.807, 2.05) is 0 Å². The predicted molar refractivity (Wildman–Crippen MR) is 34.6 cm³/mol. The van der Waals surface area contributed by atoms with Crippen molar-refractivity contribution in [2.24, 2.45) is 0 Å². The largest absolute Gasteiger partial charge is 0.295 e. The van der Waals surface area contributed by atoms with Gasteiger partial charge in [0, 0.05) is 11.8 Å². The molecule has 0 aromatic carbocycles. The number of ketones is 1. The van der Waals surface area contributed by atoms with Gasteiger partial charge < -0.3 is 0 Å². The van der Waals surface area contributed by atoms with Crippen molar-refractivity contribution < 1.29 is 9.63 Å². The van der Waals surface area contributed by atoms with Crippen LogP contribution in [0.4, 0.5) is 0 Å². The highest BCUT2D eigenvalue weighted by molar-refractivity contribution is 5.87. The number of hydrogen-bond donors (Lipinski definition) is 1. The minimum Gasteiger partial charge on any atom is -0.295 e. The van der Waals surface area contributed by atoms with E-state index in [4.69, 9.17) is 0 Å². The Hall–Kier alpha value is -0.830. The van der Waals surface area contributed by atoms with Gasteiger partial charge in [-0.2, -0.15) is 0 Å². The molecule has 0 rings (SSSR count). The van der Waals surface area contributed by atoms with Crippen molar-refractivity contribution in [2.45, 2.75) is 13.8 Å². The Labute approximate surface area is 54.7 Å². The predicted octanol–water partition coefficient (Wildman–Crippen LogP) is 0.630. The van der Waals surface area contributed by atoms with E-state index in [0.29, 0.717) is 5.70 Å². The van der Waals surface area contributed by atoms with Gasteiger partial charge in [0.15, 0.2) is 5.78 Å². The molecule has 0 aromatic rings. The van der Waals surface area contributed by atoms with Crippen LogP contribution in [-0.2, 0) is 9.63 Å². The normalized spacial score (nSPS) is 11.2. The minimum atomic E-state index is 0.0112. The third-order valence-corrected chi connectivity index (χ3v) is 0.683. The summed E-state index contributed by atoms with van der Waals surface area (Å²) in [6.45, 7) is 3.24. The highest BCUT2D eigenvalue weighted by Gasteiger charge is 1.87. The Balaban J connectivity index is 3.69. The van der Waals surface area contributed by atoms with Crippen molar-refractivity contribution in [3.05, 3.63) is 11.8 Å². The molecule has 0 radical (unpaired) electrons. The molecule has 52 valence electrons. The van der Waals surface area contributed by atoms with Crippen molar-refractivity contribution >= 4 is 5.78 Å². The van der Waals surface area contributed by atoms with Gasteiger partial charge >= 0.3 is 0 Å². The first kappa shape index (κ1) is 8.17. The third kappa shape index (κ3) is 5.03. The van der Waals surface area contributed by atoms with Crippen molar-refractivity contribution in [1.29, 1.82) is 0 Å². The van der Waals surface area contributed by atoms with Gasteiger partial charge in [0.2, 0.25) is 0 Å². The molecule has 0 heterocycles. The molecule has 0 amide bonds. The van der Waals surface area contributed by atoms with Crippen LogP contribution in [0.5, 0.6) is 0 Å². The number of hydroxylamine groups is 1. The lowest BCUT2D eigenvalue weighted by Gasteiger charge is -1.99. The van der Waals surface area contributed by atoms with Crippen LogP contribution in [0.25, 0.3) is 0 Å². The molecule has 0 aliphatic heterocycles. The van der Waals surface area contributed by atoms with Crippen molar-refractivity contribution in [2.75, 3.05) is 7.11 Å². The van der Waals surface area contributed by atoms with E-state index in [-0.39, 0.29) is 5.78 Å². The molecule has 0 bridgehead atoms. The Morgan fingerprint density at radius 2 is 2.11 bits per heavy atom.